The molecule has 3 aromatic rings. The number of hydrogen-bond acceptors (Lipinski definition) is 7. The minimum Gasteiger partial charge on any atom is -0.497 e. The number of nitriles is 1. The van der Waals surface area contributed by atoms with Crippen molar-refractivity contribution in [3.8, 4) is 23.2 Å². The molecule has 2 heterocycles. The Kier molecular flexibility index (Phi) is 5.06. The van der Waals surface area contributed by atoms with E-state index in [1.165, 1.54) is 11.8 Å². The van der Waals surface area contributed by atoms with Crippen LogP contribution in [0.2, 0.25) is 0 Å². The molecule has 0 aliphatic rings. The Morgan fingerprint density at radius 2 is 2.12 bits per heavy atom. The summed E-state index contributed by atoms with van der Waals surface area (Å²) in [6, 6.07) is 12.9. The van der Waals surface area contributed by atoms with Gasteiger partial charge in [-0.05, 0) is 36.0 Å². The third-order valence-corrected chi connectivity index (χ3v) is 4.22. The largest absolute Gasteiger partial charge is 0.497 e. The second-order valence-electron chi connectivity index (χ2n) is 4.91. The molecule has 124 valence electrons. The van der Waals surface area contributed by atoms with Crippen LogP contribution in [0.15, 0.2) is 59.2 Å². The first-order valence-electron chi connectivity index (χ1n) is 7.35. The van der Waals surface area contributed by atoms with Gasteiger partial charge < -0.3 is 4.74 Å². The highest BCUT2D eigenvalue weighted by Crippen LogP contribution is 2.29. The summed E-state index contributed by atoms with van der Waals surface area (Å²) in [4.78, 5) is 0. The summed E-state index contributed by atoms with van der Waals surface area (Å²) in [5.41, 5.74) is 1.17. The molecule has 0 aliphatic carbocycles. The van der Waals surface area contributed by atoms with Gasteiger partial charge in [-0.2, -0.15) is 5.26 Å². The summed E-state index contributed by atoms with van der Waals surface area (Å²) >= 11 is 1.33. The van der Waals surface area contributed by atoms with Crippen molar-refractivity contribution in [3.63, 3.8) is 0 Å². The molecule has 0 radical (unpaired) electrons. The van der Waals surface area contributed by atoms with E-state index in [4.69, 9.17) is 10.00 Å². The molecule has 3 rings (SSSR count). The number of allylic oxidation sites excluding steroid dienone is 1. The summed E-state index contributed by atoms with van der Waals surface area (Å²) in [5.74, 6) is 1.46. The molecular weight excluding hydrogens is 336 g/mol. The fourth-order valence-electron chi connectivity index (χ4n) is 2.16. The molecule has 7 nitrogen and oxygen atoms in total. The molecule has 0 saturated heterocycles. The number of hydrogen-bond donors (Lipinski definition) is 0. The minimum absolute atomic E-state index is 0.272. The van der Waals surface area contributed by atoms with Crippen LogP contribution < -0.4 is 4.74 Å². The van der Waals surface area contributed by atoms with Gasteiger partial charge in [0.05, 0.1) is 7.11 Å². The van der Waals surface area contributed by atoms with Crippen molar-refractivity contribution in [2.45, 2.75) is 16.7 Å². The van der Waals surface area contributed by atoms with E-state index in [-0.39, 0.29) is 5.69 Å². The van der Waals surface area contributed by atoms with E-state index in [9.17, 15) is 0 Å². The number of ether oxygens (including phenoxy) is 1. The topological polar surface area (TPSA) is 89.5 Å². The lowest BCUT2D eigenvalue weighted by Gasteiger charge is -2.08. The van der Waals surface area contributed by atoms with Crippen molar-refractivity contribution >= 4 is 11.8 Å². The molecule has 0 amide bonds. The fraction of sp³-hybridized carbons (Fsp3) is 0.118. The fourth-order valence-corrected chi connectivity index (χ4v) is 2.92. The van der Waals surface area contributed by atoms with Gasteiger partial charge in [0, 0.05) is 12.1 Å². The maximum Gasteiger partial charge on any atom is 0.198 e. The zero-order valence-electron chi connectivity index (χ0n) is 13.5. The van der Waals surface area contributed by atoms with Crippen LogP contribution in [0.1, 0.15) is 5.69 Å². The van der Waals surface area contributed by atoms with Gasteiger partial charge in [0.2, 0.25) is 0 Å². The highest BCUT2D eigenvalue weighted by Gasteiger charge is 2.15. The lowest BCUT2D eigenvalue weighted by atomic mass is 10.2. The van der Waals surface area contributed by atoms with Crippen molar-refractivity contribution < 1.29 is 4.74 Å². The molecular formula is C17H14N6OS. The lowest BCUT2D eigenvalue weighted by molar-refractivity contribution is 0.415. The maximum absolute atomic E-state index is 8.80. The van der Waals surface area contributed by atoms with Crippen molar-refractivity contribution in [2.75, 3.05) is 7.11 Å². The van der Waals surface area contributed by atoms with Gasteiger partial charge in [-0.3, -0.25) is 4.57 Å². The second kappa shape index (κ2) is 7.59. The Balaban J connectivity index is 1.96. The Morgan fingerprint density at radius 3 is 2.80 bits per heavy atom. The van der Waals surface area contributed by atoms with E-state index in [1.54, 1.807) is 25.3 Å². The zero-order chi connectivity index (χ0) is 17.6. The van der Waals surface area contributed by atoms with Crippen LogP contribution in [0.4, 0.5) is 0 Å². The van der Waals surface area contributed by atoms with Crippen molar-refractivity contribution in [3.05, 3.63) is 54.7 Å². The van der Waals surface area contributed by atoms with Crippen LogP contribution in [-0.2, 0) is 6.54 Å². The van der Waals surface area contributed by atoms with Crippen LogP contribution >= 0.6 is 11.8 Å². The number of rotatable bonds is 6. The van der Waals surface area contributed by atoms with Gasteiger partial charge in [-0.25, -0.2) is 0 Å². The van der Waals surface area contributed by atoms with Crippen LogP contribution in [0.25, 0.3) is 11.4 Å². The van der Waals surface area contributed by atoms with E-state index in [0.717, 1.165) is 11.3 Å². The molecule has 0 bridgehead atoms. The van der Waals surface area contributed by atoms with E-state index >= 15 is 0 Å². The molecule has 0 fully saturated rings. The Hall–Kier alpha value is -3.18. The predicted octanol–water partition coefficient (Wildman–Crippen LogP) is 2.95. The van der Waals surface area contributed by atoms with E-state index in [1.807, 2.05) is 34.9 Å². The lowest BCUT2D eigenvalue weighted by Crippen LogP contribution is -2.01. The van der Waals surface area contributed by atoms with Gasteiger partial charge in [-0.15, -0.1) is 27.0 Å². The molecule has 25 heavy (non-hydrogen) atoms. The number of benzene rings is 1. The van der Waals surface area contributed by atoms with Gasteiger partial charge in [-0.1, -0.05) is 18.2 Å². The molecule has 0 aliphatic heterocycles. The molecule has 0 atom stereocenters. The van der Waals surface area contributed by atoms with Crippen LogP contribution in [0, 0.1) is 11.3 Å². The normalized spacial score (nSPS) is 10.2. The Labute approximate surface area is 149 Å². The number of aromatic nitrogens is 5. The zero-order valence-corrected chi connectivity index (χ0v) is 14.3. The monoisotopic (exact) mass is 350 g/mol. The molecule has 0 saturated carbocycles. The minimum atomic E-state index is 0.272. The van der Waals surface area contributed by atoms with Gasteiger partial charge in [0.25, 0.3) is 0 Å². The number of methoxy groups -OCH3 is 1. The van der Waals surface area contributed by atoms with E-state index in [0.29, 0.717) is 22.6 Å². The first kappa shape index (κ1) is 16.7. The first-order valence-corrected chi connectivity index (χ1v) is 8.17. The SMILES string of the molecule is C=CCn1c(Sc2ccc(C#N)nn2)nnc1-c1cccc(OC)c1. The summed E-state index contributed by atoms with van der Waals surface area (Å²) in [6.07, 6.45) is 1.78. The average molecular weight is 350 g/mol. The standard InChI is InChI=1S/C17H14N6OS/c1-3-9-23-16(12-5-4-6-14(10-12)24-2)21-22-17(23)25-15-8-7-13(11-18)19-20-15/h3-8,10H,1,9H2,2H3. The summed E-state index contributed by atoms with van der Waals surface area (Å²) < 4.78 is 7.21. The van der Waals surface area contributed by atoms with Gasteiger partial charge in [0.15, 0.2) is 16.7 Å². The molecule has 1 aromatic carbocycles. The van der Waals surface area contributed by atoms with Crippen LogP contribution in [0.5, 0.6) is 5.75 Å². The Morgan fingerprint density at radius 1 is 1.24 bits per heavy atom. The smallest absolute Gasteiger partial charge is 0.198 e. The summed E-state index contributed by atoms with van der Waals surface area (Å²) in [6.45, 7) is 4.35. The molecule has 0 N–H and O–H groups in total. The third kappa shape index (κ3) is 3.67. The highest BCUT2D eigenvalue weighted by molar-refractivity contribution is 7.99. The number of nitrogens with zero attached hydrogens (tertiary/aromatic N) is 6. The maximum atomic E-state index is 8.80. The van der Waals surface area contributed by atoms with E-state index in [2.05, 4.69) is 27.0 Å². The second-order valence-corrected chi connectivity index (χ2v) is 5.90. The van der Waals surface area contributed by atoms with Crippen molar-refractivity contribution in [2.24, 2.45) is 0 Å². The van der Waals surface area contributed by atoms with Gasteiger partial charge in [0.1, 0.15) is 16.8 Å². The molecule has 8 heteroatoms. The van der Waals surface area contributed by atoms with Crippen LogP contribution in [-0.4, -0.2) is 32.1 Å². The third-order valence-electron chi connectivity index (χ3n) is 3.31. The average Bonchev–Trinajstić information content (AvgIpc) is 3.05. The Bertz CT molecular complexity index is 929. The van der Waals surface area contributed by atoms with Gasteiger partial charge >= 0.3 is 0 Å². The predicted molar refractivity (Wildman–Crippen MR) is 93.1 cm³/mol. The summed E-state index contributed by atoms with van der Waals surface area (Å²) in [5, 5.41) is 26.5. The highest BCUT2D eigenvalue weighted by atomic mass is 32.2. The van der Waals surface area contributed by atoms with Crippen LogP contribution in [0.3, 0.4) is 0 Å². The summed E-state index contributed by atoms with van der Waals surface area (Å²) in [7, 11) is 1.62. The first-order chi connectivity index (χ1) is 12.2. The molecule has 0 spiro atoms. The van der Waals surface area contributed by atoms with E-state index < -0.39 is 0 Å². The molecule has 0 unspecified atom stereocenters. The van der Waals surface area contributed by atoms with Crippen molar-refractivity contribution in [1.29, 1.82) is 5.26 Å². The molecule has 2 aromatic heterocycles. The van der Waals surface area contributed by atoms with Crippen molar-refractivity contribution in [1.82, 2.24) is 25.0 Å². The quantitative estimate of drug-likeness (QED) is 0.631.